The van der Waals surface area contributed by atoms with Crippen molar-refractivity contribution >= 4 is 43.7 Å². The number of hydrogen-bond donors (Lipinski definition) is 3. The van der Waals surface area contributed by atoms with Crippen LogP contribution in [0.3, 0.4) is 0 Å². The standard InChI is InChI=1S/C25H25F2N3O5S2/c1-25(2,33)15-11-18(26)21(19(27)12-15)20-13-17(22(28)31)23(36-20)29-16-5-3-14(4-6-16)24(32)30-7-9-37(34,35)10-8-30/h3-6,11-13,29,33H,7-10H2,1-2H3,(H2,28,31). The molecule has 12 heteroatoms. The first-order chi connectivity index (χ1) is 17.2. The van der Waals surface area contributed by atoms with Gasteiger partial charge in [-0.2, -0.15) is 0 Å². The summed E-state index contributed by atoms with van der Waals surface area (Å²) in [7, 11) is -3.11. The molecule has 3 aromatic rings. The molecular formula is C25H25F2N3O5S2. The van der Waals surface area contributed by atoms with Crippen LogP contribution in [0.15, 0.2) is 42.5 Å². The molecule has 0 saturated carbocycles. The van der Waals surface area contributed by atoms with Crippen LogP contribution in [0.5, 0.6) is 0 Å². The second-order valence-corrected chi connectivity index (χ2v) is 12.6. The Morgan fingerprint density at radius 3 is 2.14 bits per heavy atom. The Bertz CT molecular complexity index is 1440. The van der Waals surface area contributed by atoms with Crippen LogP contribution >= 0.6 is 11.3 Å². The molecular weight excluding hydrogens is 524 g/mol. The lowest BCUT2D eigenvalue weighted by Gasteiger charge is -2.26. The summed E-state index contributed by atoms with van der Waals surface area (Å²) < 4.78 is 52.9. The summed E-state index contributed by atoms with van der Waals surface area (Å²) in [4.78, 5) is 26.4. The highest BCUT2D eigenvalue weighted by Gasteiger charge is 2.26. The lowest BCUT2D eigenvalue weighted by atomic mass is 9.96. The van der Waals surface area contributed by atoms with Crippen molar-refractivity contribution in [2.75, 3.05) is 29.9 Å². The predicted octanol–water partition coefficient (Wildman–Crippen LogP) is 3.63. The summed E-state index contributed by atoms with van der Waals surface area (Å²) in [6, 6.07) is 9.69. The first-order valence-electron chi connectivity index (χ1n) is 11.3. The number of nitrogens with one attached hydrogen (secondary N) is 1. The van der Waals surface area contributed by atoms with E-state index in [2.05, 4.69) is 5.32 Å². The van der Waals surface area contributed by atoms with E-state index in [4.69, 9.17) is 5.73 Å². The van der Waals surface area contributed by atoms with E-state index in [0.717, 1.165) is 23.5 Å². The van der Waals surface area contributed by atoms with Crippen molar-refractivity contribution in [1.29, 1.82) is 0 Å². The van der Waals surface area contributed by atoms with Gasteiger partial charge < -0.3 is 21.1 Å². The SMILES string of the molecule is CC(C)(O)c1cc(F)c(-c2cc(C(N)=O)c(Nc3ccc(C(=O)N4CCS(=O)(=O)CC4)cc3)s2)c(F)c1. The number of carbonyl (C=O) groups excluding carboxylic acids is 2. The molecule has 37 heavy (non-hydrogen) atoms. The molecule has 2 amide bonds. The Kier molecular flexibility index (Phi) is 7.10. The number of amides is 2. The van der Waals surface area contributed by atoms with Gasteiger partial charge in [-0.15, -0.1) is 11.3 Å². The number of sulfone groups is 1. The van der Waals surface area contributed by atoms with E-state index in [1.165, 1.54) is 24.8 Å². The second kappa shape index (κ2) is 9.84. The van der Waals surface area contributed by atoms with E-state index in [9.17, 15) is 31.9 Å². The number of rotatable bonds is 6. The molecule has 0 unspecified atom stereocenters. The number of aliphatic hydroxyl groups is 1. The Morgan fingerprint density at radius 2 is 1.62 bits per heavy atom. The number of benzene rings is 2. The van der Waals surface area contributed by atoms with Crippen molar-refractivity contribution in [3.63, 3.8) is 0 Å². The minimum atomic E-state index is -3.11. The molecule has 4 N–H and O–H groups in total. The fourth-order valence-corrected chi connectivity index (χ4v) is 6.21. The molecule has 2 aromatic carbocycles. The van der Waals surface area contributed by atoms with Crippen LogP contribution in [-0.2, 0) is 15.4 Å². The molecule has 1 aromatic heterocycles. The first kappa shape index (κ1) is 26.7. The van der Waals surface area contributed by atoms with E-state index in [1.807, 2.05) is 0 Å². The highest BCUT2D eigenvalue weighted by Crippen LogP contribution is 2.40. The zero-order valence-electron chi connectivity index (χ0n) is 20.0. The summed E-state index contributed by atoms with van der Waals surface area (Å²) in [5, 5.41) is 13.3. The van der Waals surface area contributed by atoms with Gasteiger partial charge in [0.2, 0.25) is 0 Å². The zero-order chi connectivity index (χ0) is 27.1. The molecule has 0 spiro atoms. The fraction of sp³-hybridized carbons (Fsp3) is 0.280. The van der Waals surface area contributed by atoms with Crippen LogP contribution in [0.4, 0.5) is 19.5 Å². The molecule has 1 aliphatic heterocycles. The van der Waals surface area contributed by atoms with E-state index < -0.39 is 33.0 Å². The summed E-state index contributed by atoms with van der Waals surface area (Å²) >= 11 is 0.924. The zero-order valence-corrected chi connectivity index (χ0v) is 21.7. The molecule has 0 aliphatic carbocycles. The minimum Gasteiger partial charge on any atom is -0.386 e. The Balaban J connectivity index is 1.58. The van der Waals surface area contributed by atoms with Crippen molar-refractivity contribution < 1.29 is 31.9 Å². The minimum absolute atomic E-state index is 0.0278. The fourth-order valence-electron chi connectivity index (χ4n) is 3.88. The van der Waals surface area contributed by atoms with Crippen LogP contribution in [0.25, 0.3) is 10.4 Å². The Labute approximate surface area is 216 Å². The number of nitrogens with zero attached hydrogens (tertiary/aromatic N) is 1. The lowest BCUT2D eigenvalue weighted by Crippen LogP contribution is -2.43. The topological polar surface area (TPSA) is 130 Å². The van der Waals surface area contributed by atoms with Crippen molar-refractivity contribution in [3.05, 3.63) is 70.8 Å². The predicted molar refractivity (Wildman–Crippen MR) is 138 cm³/mol. The van der Waals surface area contributed by atoms with Gasteiger partial charge in [-0.05, 0) is 61.9 Å². The van der Waals surface area contributed by atoms with E-state index in [1.54, 1.807) is 24.3 Å². The maximum Gasteiger partial charge on any atom is 0.253 e. The third-order valence-corrected chi connectivity index (χ3v) is 8.69. The van der Waals surface area contributed by atoms with Gasteiger partial charge >= 0.3 is 0 Å². The lowest BCUT2D eigenvalue weighted by molar-refractivity contribution is 0.0766. The maximum atomic E-state index is 14.9. The molecule has 196 valence electrons. The monoisotopic (exact) mass is 549 g/mol. The van der Waals surface area contributed by atoms with Gasteiger partial charge in [-0.3, -0.25) is 9.59 Å². The highest BCUT2D eigenvalue weighted by atomic mass is 32.2. The van der Waals surface area contributed by atoms with Crippen LogP contribution in [0.1, 0.15) is 40.1 Å². The third-order valence-electron chi connectivity index (χ3n) is 6.01. The molecule has 0 bridgehead atoms. The number of primary amides is 1. The second-order valence-electron chi connectivity index (χ2n) is 9.24. The summed E-state index contributed by atoms with van der Waals surface area (Å²) in [5.74, 6) is -3.03. The van der Waals surface area contributed by atoms with Crippen LogP contribution in [-0.4, -0.2) is 54.8 Å². The number of thiophene rings is 1. The van der Waals surface area contributed by atoms with E-state index >= 15 is 0 Å². The normalized spacial score (nSPS) is 15.4. The Hall–Kier alpha value is -3.35. The van der Waals surface area contributed by atoms with E-state index in [-0.39, 0.29) is 57.1 Å². The number of carbonyl (C=O) groups is 2. The van der Waals surface area contributed by atoms with Crippen molar-refractivity contribution in [3.8, 4) is 10.4 Å². The van der Waals surface area contributed by atoms with E-state index in [0.29, 0.717) is 11.3 Å². The first-order valence-corrected chi connectivity index (χ1v) is 13.9. The van der Waals surface area contributed by atoms with Crippen LogP contribution in [0.2, 0.25) is 0 Å². The number of halogens is 2. The maximum absolute atomic E-state index is 14.9. The average molecular weight is 550 g/mol. The highest BCUT2D eigenvalue weighted by molar-refractivity contribution is 7.91. The number of hydrogen-bond acceptors (Lipinski definition) is 7. The van der Waals surface area contributed by atoms with Crippen molar-refractivity contribution in [2.24, 2.45) is 5.73 Å². The smallest absolute Gasteiger partial charge is 0.253 e. The van der Waals surface area contributed by atoms with Crippen LogP contribution in [0, 0.1) is 11.6 Å². The third kappa shape index (κ3) is 5.81. The Morgan fingerprint density at radius 1 is 1.05 bits per heavy atom. The summed E-state index contributed by atoms with van der Waals surface area (Å²) in [5.41, 5.74) is 4.65. The van der Waals surface area contributed by atoms with Gasteiger partial charge in [0.25, 0.3) is 11.8 Å². The van der Waals surface area contributed by atoms with Crippen molar-refractivity contribution in [2.45, 2.75) is 19.4 Å². The summed E-state index contributed by atoms with van der Waals surface area (Å²) in [6.45, 7) is 3.08. The molecule has 1 aliphatic rings. The molecule has 0 radical (unpaired) electrons. The molecule has 4 rings (SSSR count). The molecule has 1 saturated heterocycles. The molecule has 1 fully saturated rings. The van der Waals surface area contributed by atoms with Gasteiger partial charge in [-0.1, -0.05) is 0 Å². The molecule has 8 nitrogen and oxygen atoms in total. The van der Waals surface area contributed by atoms with Gasteiger partial charge in [-0.25, -0.2) is 17.2 Å². The van der Waals surface area contributed by atoms with Gasteiger partial charge in [0.05, 0.1) is 28.2 Å². The number of nitrogens with two attached hydrogens (primary N) is 1. The largest absolute Gasteiger partial charge is 0.386 e. The van der Waals surface area contributed by atoms with Crippen molar-refractivity contribution in [1.82, 2.24) is 4.90 Å². The number of anilines is 2. The summed E-state index contributed by atoms with van der Waals surface area (Å²) in [6.07, 6.45) is 0. The van der Waals surface area contributed by atoms with Gasteiger partial charge in [0.1, 0.15) is 16.6 Å². The quantitative estimate of drug-likeness (QED) is 0.431. The van der Waals surface area contributed by atoms with Crippen LogP contribution < -0.4 is 11.1 Å². The van der Waals surface area contributed by atoms with Gasteiger partial charge in [0, 0.05) is 29.2 Å². The molecule has 0 atom stereocenters. The average Bonchev–Trinajstić information content (AvgIpc) is 3.21. The van der Waals surface area contributed by atoms with Gasteiger partial charge in [0.15, 0.2) is 9.84 Å². The molecule has 2 heterocycles.